The van der Waals surface area contributed by atoms with Crippen LogP contribution in [-0.2, 0) is 4.74 Å². The maximum Gasteiger partial charge on any atom is 0.291 e. The molecular weight excluding hydrogens is 446 g/mol. The molecule has 3 rings (SSSR count). The number of benzene rings is 1. The van der Waals surface area contributed by atoms with E-state index in [4.69, 9.17) is 19.1 Å². The Morgan fingerprint density at radius 1 is 1.09 bits per heavy atom. The van der Waals surface area contributed by atoms with E-state index in [1.54, 1.807) is 38.1 Å². The van der Waals surface area contributed by atoms with Gasteiger partial charge in [0.1, 0.15) is 11.9 Å². The molecule has 0 amide bonds. The van der Waals surface area contributed by atoms with Crippen LogP contribution in [0.3, 0.4) is 0 Å². The summed E-state index contributed by atoms with van der Waals surface area (Å²) in [5.41, 5.74) is 6.53. The summed E-state index contributed by atoms with van der Waals surface area (Å²) < 4.78 is 17.0. The van der Waals surface area contributed by atoms with Gasteiger partial charge in [-0.05, 0) is 57.9 Å². The second-order valence-corrected chi connectivity index (χ2v) is 8.94. The number of hydrogen-bond donors (Lipinski definition) is 2. The molecule has 1 aromatic heterocycles. The lowest BCUT2D eigenvalue weighted by Gasteiger charge is -2.13. The lowest BCUT2D eigenvalue weighted by atomic mass is 10.0. The van der Waals surface area contributed by atoms with Crippen molar-refractivity contribution in [3.8, 4) is 5.95 Å². The van der Waals surface area contributed by atoms with Gasteiger partial charge >= 0.3 is 0 Å². The maximum absolute atomic E-state index is 12.5. The lowest BCUT2D eigenvalue weighted by Crippen LogP contribution is -2.99. The van der Waals surface area contributed by atoms with Crippen LogP contribution in [0.2, 0.25) is 0 Å². The van der Waals surface area contributed by atoms with Crippen LogP contribution in [0.4, 0.5) is 5.69 Å². The zero-order chi connectivity index (χ0) is 25.7. The van der Waals surface area contributed by atoms with Crippen molar-refractivity contribution in [2.45, 2.75) is 47.1 Å². The lowest BCUT2D eigenvalue weighted by molar-refractivity contribution is -0.991. The fraction of sp³-hybridized carbons (Fsp3) is 0.321. The van der Waals surface area contributed by atoms with Gasteiger partial charge in [-0.15, -0.1) is 0 Å². The molecule has 186 valence electrons. The predicted octanol–water partition coefficient (Wildman–Crippen LogP) is 5.05. The summed E-state index contributed by atoms with van der Waals surface area (Å²) in [6.45, 7) is 10.0. The molecule has 1 saturated heterocycles. The highest BCUT2D eigenvalue weighted by Gasteiger charge is 2.28. The Kier molecular flexibility index (Phi) is 8.64. The number of quaternary nitrogens is 1. The zero-order valence-corrected chi connectivity index (χ0v) is 21.1. The number of rotatable bonds is 7. The molecule has 0 bridgehead atoms. The van der Waals surface area contributed by atoms with Gasteiger partial charge in [0.2, 0.25) is 0 Å². The summed E-state index contributed by atoms with van der Waals surface area (Å²) in [4.78, 5) is 12.5. The molecule has 0 aliphatic carbocycles. The predicted molar refractivity (Wildman–Crippen MR) is 136 cm³/mol. The van der Waals surface area contributed by atoms with Crippen LogP contribution in [0.25, 0.3) is 6.08 Å². The van der Waals surface area contributed by atoms with E-state index in [1.807, 2.05) is 26.8 Å². The molecule has 7 heteroatoms. The van der Waals surface area contributed by atoms with E-state index in [9.17, 15) is 10.0 Å². The minimum Gasteiger partial charge on any atom is -0.595 e. The molecule has 1 aliphatic heterocycles. The van der Waals surface area contributed by atoms with E-state index in [2.05, 4.69) is 18.2 Å². The number of ether oxygens (including phenoxy) is 2. The largest absolute Gasteiger partial charge is 0.595 e. The Labute approximate surface area is 205 Å². The summed E-state index contributed by atoms with van der Waals surface area (Å²) in [5.74, 6) is 0.755. The van der Waals surface area contributed by atoms with Crippen molar-refractivity contribution in [3.05, 3.63) is 103 Å². The summed E-state index contributed by atoms with van der Waals surface area (Å²) in [7, 11) is 1.49. The van der Waals surface area contributed by atoms with Crippen LogP contribution in [0, 0.1) is 19.1 Å². The van der Waals surface area contributed by atoms with Crippen LogP contribution in [0.15, 0.2) is 74.0 Å². The van der Waals surface area contributed by atoms with Gasteiger partial charge in [-0.1, -0.05) is 41.0 Å². The van der Waals surface area contributed by atoms with Gasteiger partial charge in [0.25, 0.3) is 5.95 Å². The number of allylic oxidation sites excluding steroid dienone is 6. The Balaban J connectivity index is 1.71. The molecule has 1 aromatic carbocycles. The average Bonchev–Trinajstić information content (AvgIpc) is 3.25. The highest BCUT2D eigenvalue weighted by atomic mass is 16.8. The van der Waals surface area contributed by atoms with Gasteiger partial charge in [-0.2, -0.15) is 5.23 Å². The van der Waals surface area contributed by atoms with Crippen molar-refractivity contribution in [1.29, 1.82) is 0 Å². The van der Waals surface area contributed by atoms with Crippen molar-refractivity contribution >= 4 is 11.8 Å². The van der Waals surface area contributed by atoms with E-state index in [0.717, 1.165) is 27.9 Å². The van der Waals surface area contributed by atoms with Crippen molar-refractivity contribution in [2.24, 2.45) is 0 Å². The van der Waals surface area contributed by atoms with Gasteiger partial charge in [-0.3, -0.25) is 4.79 Å². The maximum atomic E-state index is 12.5. The van der Waals surface area contributed by atoms with E-state index < -0.39 is 5.23 Å². The third-order valence-corrected chi connectivity index (χ3v) is 5.85. The standard InChI is InChI=1S/C28H33NO6/c1-17(11-18(2)13-22-7-9-24(10-8-22)29(31)32)12-19(3)14-23-15-25(34-16-23)27-20(4)26(30)21(5)28(33-6)35-27/h7-14,25,29,31H,15-16H2,1-6H3/t25-/m1/s1. The SMILES string of the molecule is COc1oc([C@H]2CC(=CC(C)=CC(C)=CC(C)=Cc3ccc([NH+]([O-])O)cc3)CO2)c(C)c(=O)c1C. The fourth-order valence-electron chi connectivity index (χ4n) is 4.22. The number of hydrogen-bond acceptors (Lipinski definition) is 6. The van der Waals surface area contributed by atoms with Crippen molar-refractivity contribution in [1.82, 2.24) is 0 Å². The van der Waals surface area contributed by atoms with Crippen LogP contribution in [0.5, 0.6) is 5.95 Å². The van der Waals surface area contributed by atoms with E-state index in [1.165, 1.54) is 7.11 Å². The van der Waals surface area contributed by atoms with Crippen molar-refractivity contribution < 1.29 is 24.3 Å². The topological polar surface area (TPSA) is 96.4 Å². The highest BCUT2D eigenvalue weighted by Crippen LogP contribution is 2.35. The molecule has 35 heavy (non-hydrogen) atoms. The van der Waals surface area contributed by atoms with Gasteiger partial charge < -0.3 is 19.1 Å². The molecule has 2 N–H and O–H groups in total. The third-order valence-electron chi connectivity index (χ3n) is 5.85. The number of methoxy groups -OCH3 is 1. The van der Waals surface area contributed by atoms with Crippen LogP contribution < -0.4 is 15.4 Å². The second-order valence-electron chi connectivity index (χ2n) is 8.94. The molecule has 2 heterocycles. The molecule has 0 radical (unpaired) electrons. The molecule has 0 saturated carbocycles. The van der Waals surface area contributed by atoms with Crippen LogP contribution >= 0.6 is 0 Å². The Hall–Kier alpha value is -3.23. The first-order valence-electron chi connectivity index (χ1n) is 11.5. The smallest absolute Gasteiger partial charge is 0.291 e. The molecular formula is C28H33NO6. The van der Waals surface area contributed by atoms with E-state index in [0.29, 0.717) is 29.9 Å². The van der Waals surface area contributed by atoms with Crippen molar-refractivity contribution in [2.75, 3.05) is 13.7 Å². The van der Waals surface area contributed by atoms with E-state index in [-0.39, 0.29) is 23.2 Å². The summed E-state index contributed by atoms with van der Waals surface area (Å²) in [6, 6.07) is 6.80. The summed E-state index contributed by atoms with van der Waals surface area (Å²) in [5, 5.41) is 19.1. The fourth-order valence-corrected chi connectivity index (χ4v) is 4.22. The minimum atomic E-state index is -0.931. The normalized spacial score (nSPS) is 19.4. The Morgan fingerprint density at radius 2 is 1.74 bits per heavy atom. The molecule has 2 aromatic rings. The Bertz CT molecular complexity index is 1250. The number of nitrogens with one attached hydrogen (secondary N) is 1. The Morgan fingerprint density at radius 3 is 2.37 bits per heavy atom. The highest BCUT2D eigenvalue weighted by molar-refractivity contribution is 5.57. The quantitative estimate of drug-likeness (QED) is 0.426. The summed E-state index contributed by atoms with van der Waals surface area (Å²) in [6.07, 6.45) is 8.64. The molecule has 7 nitrogen and oxygen atoms in total. The molecule has 2 atom stereocenters. The first kappa shape index (κ1) is 26.4. The van der Waals surface area contributed by atoms with Gasteiger partial charge in [0.15, 0.2) is 11.1 Å². The third kappa shape index (κ3) is 6.68. The van der Waals surface area contributed by atoms with Gasteiger partial charge in [-0.25, -0.2) is 5.21 Å². The zero-order valence-electron chi connectivity index (χ0n) is 21.1. The second kappa shape index (κ2) is 11.5. The van der Waals surface area contributed by atoms with Gasteiger partial charge in [0.05, 0.1) is 19.3 Å². The van der Waals surface area contributed by atoms with Crippen molar-refractivity contribution in [3.63, 3.8) is 0 Å². The van der Waals surface area contributed by atoms with Crippen LogP contribution in [0.1, 0.15) is 55.7 Å². The van der Waals surface area contributed by atoms with Crippen LogP contribution in [-0.4, -0.2) is 18.9 Å². The average molecular weight is 480 g/mol. The minimum absolute atomic E-state index is 0.0813. The first-order chi connectivity index (χ1) is 16.6. The van der Waals surface area contributed by atoms with Gasteiger partial charge in [0, 0.05) is 24.1 Å². The monoisotopic (exact) mass is 479 g/mol. The molecule has 1 fully saturated rings. The summed E-state index contributed by atoms with van der Waals surface area (Å²) >= 11 is 0. The molecule has 0 spiro atoms. The van der Waals surface area contributed by atoms with E-state index >= 15 is 0 Å². The first-order valence-corrected chi connectivity index (χ1v) is 11.5. The molecule has 1 aliphatic rings. The molecule has 1 unspecified atom stereocenters.